The van der Waals surface area contributed by atoms with E-state index in [1.807, 2.05) is 51.1 Å². The standard InChI is InChI=1S/C23H28O6.C14H22O5.C14H20O.C12H18O5.C12H18O4.3Ar/c1-7-8-17-11-15(2)23(21(12-17)27-6)29-16(3)22(24)18-9-10-19(28-14-25-4)20(13-18)26-5;1-5-18-14(10(2)15)11-6-7-12(19-9-16-3)13(8-11)17-4;1-6-7-12-8-11(4)14(10(2)3)13(9-12)15-5;1-8(13)12(14)9-4-5-10(17-7-15-2)11(6-9)16-3;1-4-16-12(8(2)13)9-5-6-10(14)11(7-9)15-3;;;/h7,9-13,16H,1,8,14H2,2-6H3;6-8,10,14-15H,5,9H2,1-4H3;6,8-10H,1,7H2,2-5H3;4-6,8,12-14H,7H2,1-3H3;5-8,12-14H,4H2,1-3H3;;;. The number of hydrogen-bond acceptors (Lipinski definition) is 21. The third kappa shape index (κ3) is 32.5. The summed E-state index contributed by atoms with van der Waals surface area (Å²) in [6.07, 6.45) is 0.865. The van der Waals surface area contributed by atoms with Gasteiger partial charge in [0.2, 0.25) is 5.78 Å². The Morgan fingerprint density at radius 1 is 0.455 bits per heavy atom. The monoisotopic (exact) mass is 1460 g/mol. The van der Waals surface area contributed by atoms with Gasteiger partial charge in [-0.05, 0) is 185 Å². The van der Waals surface area contributed by atoms with Crippen molar-refractivity contribution < 1.29 is 215 Å². The molecule has 0 spiro atoms. The number of Topliss-reactive ketones (excluding diaryl/α,β-unsaturated/α-hetero) is 1. The first-order chi connectivity index (χ1) is 45.9. The third-order valence-corrected chi connectivity index (χ3v) is 14.2. The van der Waals surface area contributed by atoms with Gasteiger partial charge in [0.25, 0.3) is 0 Å². The number of hydrogen-bond donors (Lipinski definition) is 5. The molecule has 7 atom stereocenters. The number of rotatable bonds is 34. The van der Waals surface area contributed by atoms with Gasteiger partial charge in [-0.3, -0.25) is 4.79 Å². The van der Waals surface area contributed by atoms with Gasteiger partial charge in [0.1, 0.15) is 24.1 Å². The van der Waals surface area contributed by atoms with Crippen molar-refractivity contribution in [1.82, 2.24) is 0 Å². The third-order valence-electron chi connectivity index (χ3n) is 14.2. The molecular formula is C75H106Ar3O21. The van der Waals surface area contributed by atoms with E-state index >= 15 is 0 Å². The molecule has 0 bridgehead atoms. The molecule has 0 aliphatic heterocycles. The number of carbonyl (C=O) groups excluding carboxylic acids is 1. The number of aliphatic hydroxyl groups excluding tert-OH is 4. The maximum atomic E-state index is 12.9. The SMILES string of the molecule is C=CCc1cc(C)c(C(C)C)c(OC)c1.C=CCc1cc(C)c(OC(C)C(=O)c2ccc(OCOC)c(OC)c2)c(OC)c1.CCOC(c1ccc(O)c(OC)c1)C(C)O.CCOC(c1ccc(OCOC)c(OC)c1)C(C)O.COCOc1ccc(C(O)C(C)O)cc1OC.[Ar].[Ar].[Ar]. The first kappa shape index (κ1) is 96.7. The summed E-state index contributed by atoms with van der Waals surface area (Å²) in [5, 5.41) is 47.8. The molecule has 0 fully saturated rings. The number of aromatic hydroxyl groups is 1. The Labute approximate surface area is 677 Å². The van der Waals surface area contributed by atoms with E-state index in [1.165, 1.54) is 65.2 Å². The molecule has 0 radical (unpaired) electrons. The Morgan fingerprint density at radius 2 is 0.838 bits per heavy atom. The molecule has 6 aromatic carbocycles. The molecule has 5 N–H and O–H groups in total. The minimum Gasteiger partial charge on any atom is -0.504 e. The molecule has 0 saturated carbocycles. The van der Waals surface area contributed by atoms with Crippen LogP contribution >= 0.6 is 0 Å². The van der Waals surface area contributed by atoms with Gasteiger partial charge in [-0.1, -0.05) is 56.3 Å². The average molecular weight is 1460 g/mol. The molecule has 24 heteroatoms. The second-order valence-corrected chi connectivity index (χ2v) is 21.9. The van der Waals surface area contributed by atoms with Crippen LogP contribution in [0.5, 0.6) is 63.2 Å². The molecule has 21 nitrogen and oxygen atoms in total. The Hall–Kier alpha value is -4.31. The van der Waals surface area contributed by atoms with Gasteiger partial charge in [-0.25, -0.2) is 0 Å². The van der Waals surface area contributed by atoms with Crippen LogP contribution in [-0.2, 0) is 36.5 Å². The summed E-state index contributed by atoms with van der Waals surface area (Å²) in [6, 6.07) is 28.5. The van der Waals surface area contributed by atoms with Crippen LogP contribution in [0.4, 0.5) is 0 Å². The molecule has 0 aliphatic rings. The van der Waals surface area contributed by atoms with Crippen LogP contribution in [0.15, 0.2) is 122 Å². The number of aryl methyl sites for hydroxylation is 2. The number of carbonyl (C=O) groups is 1. The fraction of sp³-hybridized carbons (Fsp3) is 0.453. The van der Waals surface area contributed by atoms with Crippen molar-refractivity contribution in [2.75, 3.05) is 97.6 Å². The van der Waals surface area contributed by atoms with Crippen LogP contribution < -0.4 is 47.4 Å². The maximum Gasteiger partial charge on any atom is 0.203 e. The summed E-state index contributed by atoms with van der Waals surface area (Å²) in [5.41, 5.74) is 8.50. The molecule has 556 valence electrons. The van der Waals surface area contributed by atoms with Crippen LogP contribution in [0, 0.1) is 127 Å². The fourth-order valence-corrected chi connectivity index (χ4v) is 9.71. The average Bonchev–Trinajstić information content (AvgIpc) is 0.847. The first-order valence-corrected chi connectivity index (χ1v) is 31.4. The van der Waals surface area contributed by atoms with Crippen LogP contribution in [0.25, 0.3) is 0 Å². The van der Waals surface area contributed by atoms with Crippen molar-refractivity contribution in [3.05, 3.63) is 172 Å². The molecule has 0 saturated heterocycles. The summed E-state index contributed by atoms with van der Waals surface area (Å²) >= 11 is 0. The van der Waals surface area contributed by atoms with Gasteiger partial charge >= 0.3 is 0 Å². The van der Waals surface area contributed by atoms with Crippen molar-refractivity contribution in [1.29, 1.82) is 0 Å². The van der Waals surface area contributed by atoms with Gasteiger partial charge in [0, 0.05) is 153 Å². The van der Waals surface area contributed by atoms with Crippen LogP contribution in [-0.4, -0.2) is 153 Å². The number of methoxy groups -OCH3 is 9. The second kappa shape index (κ2) is 53.5. The van der Waals surface area contributed by atoms with E-state index < -0.39 is 36.6 Å². The van der Waals surface area contributed by atoms with Gasteiger partial charge in [-0.2, -0.15) is 0 Å². The minimum atomic E-state index is -0.944. The van der Waals surface area contributed by atoms with Gasteiger partial charge in [0.15, 0.2) is 84.0 Å². The van der Waals surface area contributed by atoms with Gasteiger partial charge < -0.3 is 96.6 Å². The number of benzene rings is 6. The van der Waals surface area contributed by atoms with E-state index in [9.17, 15) is 30.3 Å². The summed E-state index contributed by atoms with van der Waals surface area (Å²) in [7, 11) is 14.0. The molecular weight excluding hydrogens is 1360 g/mol. The summed E-state index contributed by atoms with van der Waals surface area (Å²) in [4.78, 5) is 12.9. The predicted molar refractivity (Wildman–Crippen MR) is 372 cm³/mol. The zero-order chi connectivity index (χ0) is 72.0. The Morgan fingerprint density at radius 3 is 1.23 bits per heavy atom. The predicted octanol–water partition coefficient (Wildman–Crippen LogP) is 13.3. The number of aliphatic hydroxyl groups is 4. The number of ketones is 1. The molecule has 0 heterocycles. The van der Waals surface area contributed by atoms with Crippen molar-refractivity contribution in [2.24, 2.45) is 0 Å². The van der Waals surface area contributed by atoms with Crippen molar-refractivity contribution >= 4 is 5.78 Å². The van der Waals surface area contributed by atoms with Crippen molar-refractivity contribution in [3.63, 3.8) is 0 Å². The largest absolute Gasteiger partial charge is 0.504 e. The van der Waals surface area contributed by atoms with Crippen LogP contribution in [0.3, 0.4) is 0 Å². The minimum absolute atomic E-state index is 0. The zero-order valence-corrected chi connectivity index (χ0v) is 62.8. The van der Waals surface area contributed by atoms with E-state index in [0.717, 1.165) is 40.8 Å². The molecule has 0 amide bonds. The molecule has 6 rings (SSSR count). The van der Waals surface area contributed by atoms with E-state index in [1.54, 1.807) is 110 Å². The van der Waals surface area contributed by atoms with Crippen molar-refractivity contribution in [2.45, 2.75) is 131 Å². The summed E-state index contributed by atoms with van der Waals surface area (Å²) in [6.45, 7) is 27.7. The summed E-state index contributed by atoms with van der Waals surface area (Å²) < 4.78 is 79.3. The van der Waals surface area contributed by atoms with E-state index in [0.29, 0.717) is 82.0 Å². The topological polar surface area (TPSA) is 257 Å². The zero-order valence-electron chi connectivity index (χ0n) is 60.7. The van der Waals surface area contributed by atoms with Crippen LogP contribution in [0.2, 0.25) is 0 Å². The molecule has 0 aromatic heterocycles. The Balaban J connectivity index is 0. The number of allylic oxidation sites excluding steroid dienone is 2. The van der Waals surface area contributed by atoms with E-state index in [4.69, 9.17) is 71.1 Å². The molecule has 6 aromatic rings. The Kier molecular flexibility index (Phi) is 52.3. The quantitative estimate of drug-likeness (QED) is 0.0143. The van der Waals surface area contributed by atoms with Gasteiger partial charge in [-0.15, -0.1) is 13.2 Å². The van der Waals surface area contributed by atoms with E-state index in [-0.39, 0.29) is 151 Å². The van der Waals surface area contributed by atoms with Crippen molar-refractivity contribution in [3.8, 4) is 63.2 Å². The molecule has 0 aliphatic carbocycles. The second-order valence-electron chi connectivity index (χ2n) is 21.9. The van der Waals surface area contributed by atoms with Gasteiger partial charge in [0.05, 0.1) is 61.0 Å². The number of ether oxygens (including phenoxy) is 15. The summed E-state index contributed by atoms with van der Waals surface area (Å²) in [5.74, 6) is 6.03. The maximum absolute atomic E-state index is 12.9. The molecule has 7 unspecified atom stereocenters. The number of phenols is 1. The number of phenolic OH excluding ortho intramolecular Hbond substituents is 1. The smallest absolute Gasteiger partial charge is 0.203 e. The Bertz CT molecular complexity index is 3250. The first-order valence-electron chi connectivity index (χ1n) is 31.4. The fourth-order valence-electron chi connectivity index (χ4n) is 9.71. The molecule has 99 heavy (non-hydrogen) atoms. The normalized spacial score (nSPS) is 12.4. The van der Waals surface area contributed by atoms with E-state index in [2.05, 4.69) is 46.1 Å². The van der Waals surface area contributed by atoms with Crippen LogP contribution in [0.1, 0.15) is 134 Å².